The van der Waals surface area contributed by atoms with Crippen LogP contribution >= 0.6 is 0 Å². The lowest BCUT2D eigenvalue weighted by Crippen LogP contribution is -2.30. The van der Waals surface area contributed by atoms with Gasteiger partial charge in [-0.3, -0.25) is 0 Å². The fraction of sp³-hybridized carbons (Fsp3) is 0.375. The van der Waals surface area contributed by atoms with Gasteiger partial charge in [0.1, 0.15) is 0 Å². The molecule has 0 bridgehead atoms. The van der Waals surface area contributed by atoms with E-state index in [0.717, 1.165) is 21.1 Å². The standard InChI is InChI=1S/C16H18N2O2/c1-11(2)15-16(12-7-4-3-5-8-12)18(20)14-10-6-9-13(14)17(15)19/h3-5,7-8,11H,6,9-10H2,1-2H3. The molecule has 0 amide bonds. The Labute approximate surface area is 117 Å². The van der Waals surface area contributed by atoms with E-state index in [1.54, 1.807) is 0 Å². The molecule has 1 aromatic heterocycles. The van der Waals surface area contributed by atoms with E-state index < -0.39 is 0 Å². The predicted octanol–water partition coefficient (Wildman–Crippen LogP) is 3.03. The third kappa shape index (κ3) is 1.83. The van der Waals surface area contributed by atoms with Gasteiger partial charge in [-0.1, -0.05) is 32.0 Å². The maximum atomic E-state index is 12.7. The second-order valence-corrected chi connectivity index (χ2v) is 5.59. The molecule has 1 aliphatic rings. The number of benzene rings is 1. The Morgan fingerprint density at radius 1 is 1.20 bits per heavy atom. The molecule has 0 fully saturated rings. The Morgan fingerprint density at radius 2 is 1.90 bits per heavy atom. The molecule has 0 saturated heterocycles. The minimum Gasteiger partial charge on any atom is -0.805 e. The van der Waals surface area contributed by atoms with Crippen molar-refractivity contribution in [1.82, 2.24) is 4.73 Å². The number of hydrogen-bond donors (Lipinski definition) is 0. The first-order chi connectivity index (χ1) is 9.61. The zero-order chi connectivity index (χ0) is 14.3. The summed E-state index contributed by atoms with van der Waals surface area (Å²) in [5, 5.41) is 12.6. The molecule has 1 aliphatic carbocycles. The lowest BCUT2D eigenvalue weighted by Gasteiger charge is -2.22. The van der Waals surface area contributed by atoms with Crippen molar-refractivity contribution >= 4 is 0 Å². The first-order valence-electron chi connectivity index (χ1n) is 7.07. The van der Waals surface area contributed by atoms with Gasteiger partial charge in [0.25, 0.3) is 11.4 Å². The van der Waals surface area contributed by atoms with Crippen LogP contribution in [-0.2, 0) is 12.8 Å². The van der Waals surface area contributed by atoms with Crippen molar-refractivity contribution in [2.75, 3.05) is 0 Å². The number of aromatic nitrogens is 2. The van der Waals surface area contributed by atoms with E-state index in [0.29, 0.717) is 35.6 Å². The highest BCUT2D eigenvalue weighted by Crippen LogP contribution is 2.30. The van der Waals surface area contributed by atoms with Crippen molar-refractivity contribution in [3.63, 3.8) is 0 Å². The summed E-state index contributed by atoms with van der Waals surface area (Å²) in [6.45, 7) is 3.91. The van der Waals surface area contributed by atoms with Crippen LogP contribution in [0.15, 0.2) is 30.3 Å². The van der Waals surface area contributed by atoms with Crippen molar-refractivity contribution in [3.05, 3.63) is 57.5 Å². The third-order valence-corrected chi connectivity index (χ3v) is 3.91. The van der Waals surface area contributed by atoms with Gasteiger partial charge in [-0.05, 0) is 25.0 Å². The van der Waals surface area contributed by atoms with E-state index in [2.05, 4.69) is 0 Å². The van der Waals surface area contributed by atoms with Crippen molar-refractivity contribution in [1.29, 1.82) is 0 Å². The lowest BCUT2D eigenvalue weighted by molar-refractivity contribution is -0.493. The summed E-state index contributed by atoms with van der Waals surface area (Å²) >= 11 is 0. The Bertz CT molecular complexity index is 703. The second kappa shape index (κ2) is 4.78. The topological polar surface area (TPSA) is 51.0 Å². The summed E-state index contributed by atoms with van der Waals surface area (Å²) in [5.41, 5.74) is 3.19. The van der Waals surface area contributed by atoms with Gasteiger partial charge in [-0.2, -0.15) is 0 Å². The van der Waals surface area contributed by atoms with Crippen molar-refractivity contribution in [2.45, 2.75) is 39.0 Å². The first kappa shape index (κ1) is 12.9. The summed E-state index contributed by atoms with van der Waals surface area (Å²) in [6, 6.07) is 9.46. The molecule has 0 N–H and O–H groups in total. The molecule has 104 valence electrons. The number of fused-ring (bicyclic) bond motifs is 1. The van der Waals surface area contributed by atoms with Gasteiger partial charge < -0.3 is 9.94 Å². The normalized spacial score (nSPS) is 13.8. The van der Waals surface area contributed by atoms with E-state index in [-0.39, 0.29) is 5.92 Å². The summed E-state index contributed by atoms with van der Waals surface area (Å²) in [6.07, 6.45) is 2.28. The average Bonchev–Trinajstić information content (AvgIpc) is 2.93. The van der Waals surface area contributed by atoms with Gasteiger partial charge >= 0.3 is 0 Å². The zero-order valence-electron chi connectivity index (χ0n) is 11.8. The van der Waals surface area contributed by atoms with Crippen LogP contribution in [0.5, 0.6) is 0 Å². The molecular formula is C16H18N2O2. The van der Waals surface area contributed by atoms with Crippen LogP contribution in [-0.4, -0.2) is 4.73 Å². The maximum Gasteiger partial charge on any atom is 0.289 e. The Morgan fingerprint density at radius 3 is 2.55 bits per heavy atom. The van der Waals surface area contributed by atoms with Crippen LogP contribution in [0.25, 0.3) is 11.3 Å². The van der Waals surface area contributed by atoms with E-state index in [1.165, 1.54) is 0 Å². The SMILES string of the molecule is CC(C)c1c(-c2ccccc2)[n+](=O)c2c(n1[O-])CCC2. The molecule has 2 aromatic rings. The summed E-state index contributed by atoms with van der Waals surface area (Å²) in [7, 11) is 0. The van der Waals surface area contributed by atoms with E-state index >= 15 is 0 Å². The van der Waals surface area contributed by atoms with Crippen LogP contribution in [0, 0.1) is 10.1 Å². The largest absolute Gasteiger partial charge is 0.805 e. The summed E-state index contributed by atoms with van der Waals surface area (Å²) in [4.78, 5) is 12.7. The molecule has 0 atom stereocenters. The molecule has 0 aliphatic heterocycles. The second-order valence-electron chi connectivity index (χ2n) is 5.59. The molecule has 1 aromatic carbocycles. The highest BCUT2D eigenvalue weighted by Gasteiger charge is 2.31. The summed E-state index contributed by atoms with van der Waals surface area (Å²) < 4.78 is 1.99. The summed E-state index contributed by atoms with van der Waals surface area (Å²) in [5.74, 6) is 0.00815. The molecule has 0 spiro atoms. The monoisotopic (exact) mass is 270 g/mol. The lowest BCUT2D eigenvalue weighted by atomic mass is 10.0. The van der Waals surface area contributed by atoms with E-state index in [1.807, 2.05) is 44.2 Å². The molecule has 4 nitrogen and oxygen atoms in total. The molecule has 0 unspecified atom stereocenters. The van der Waals surface area contributed by atoms with Crippen LogP contribution in [0.3, 0.4) is 0 Å². The van der Waals surface area contributed by atoms with Crippen LogP contribution in [0.4, 0.5) is 0 Å². The maximum absolute atomic E-state index is 12.7. The Kier molecular flexibility index (Phi) is 3.08. The number of nitrogens with zero attached hydrogens (tertiary/aromatic N) is 2. The van der Waals surface area contributed by atoms with E-state index in [4.69, 9.17) is 0 Å². The van der Waals surface area contributed by atoms with Crippen molar-refractivity contribution in [2.24, 2.45) is 0 Å². The van der Waals surface area contributed by atoms with Crippen LogP contribution < -0.4 is 4.43 Å². The third-order valence-electron chi connectivity index (χ3n) is 3.91. The van der Waals surface area contributed by atoms with Gasteiger partial charge in [0, 0.05) is 17.2 Å². The Hall–Kier alpha value is -2.10. The van der Waals surface area contributed by atoms with Crippen LogP contribution in [0.1, 0.15) is 43.3 Å². The minimum absolute atomic E-state index is 0.00815. The molecule has 20 heavy (non-hydrogen) atoms. The molecule has 3 rings (SSSR count). The molecule has 0 radical (unpaired) electrons. The van der Waals surface area contributed by atoms with Gasteiger partial charge in [0.2, 0.25) is 0 Å². The van der Waals surface area contributed by atoms with Gasteiger partial charge in [-0.15, -0.1) is 0 Å². The molecule has 1 heterocycles. The Balaban J connectivity index is 2.39. The highest BCUT2D eigenvalue weighted by atomic mass is 16.5. The van der Waals surface area contributed by atoms with Crippen LogP contribution in [0.2, 0.25) is 0 Å². The molecule has 4 heteroatoms. The minimum atomic E-state index is 0.00815. The van der Waals surface area contributed by atoms with E-state index in [9.17, 15) is 10.1 Å². The fourth-order valence-corrected chi connectivity index (χ4v) is 3.00. The smallest absolute Gasteiger partial charge is 0.289 e. The van der Waals surface area contributed by atoms with Crippen molar-refractivity contribution in [3.8, 4) is 11.3 Å². The number of hydrogen-bond acceptors (Lipinski definition) is 2. The molecule has 0 saturated carbocycles. The first-order valence-corrected chi connectivity index (χ1v) is 7.07. The predicted molar refractivity (Wildman–Crippen MR) is 78.1 cm³/mol. The average molecular weight is 270 g/mol. The molecular weight excluding hydrogens is 252 g/mol. The quantitative estimate of drug-likeness (QED) is 0.788. The highest BCUT2D eigenvalue weighted by molar-refractivity contribution is 5.60. The fourth-order valence-electron chi connectivity index (χ4n) is 3.00. The van der Waals surface area contributed by atoms with Crippen molar-refractivity contribution < 1.29 is 4.43 Å². The number of rotatable bonds is 2. The van der Waals surface area contributed by atoms with Gasteiger partial charge in [-0.25, -0.2) is 0 Å². The zero-order valence-corrected chi connectivity index (χ0v) is 11.8. The van der Waals surface area contributed by atoms with Gasteiger partial charge in [0.05, 0.1) is 21.4 Å². The van der Waals surface area contributed by atoms with Gasteiger partial charge in [0.15, 0.2) is 0 Å².